The first-order valence-electron chi connectivity index (χ1n) is 11.2. The minimum Gasteiger partial charge on any atom is -0.496 e. The van der Waals surface area contributed by atoms with E-state index in [-0.39, 0.29) is 6.04 Å². The van der Waals surface area contributed by atoms with Gasteiger partial charge in [0, 0.05) is 37.1 Å². The maximum Gasteiger partial charge on any atom is 0.127 e. The first-order chi connectivity index (χ1) is 15.8. The molecule has 0 N–H and O–H groups in total. The second-order valence-corrected chi connectivity index (χ2v) is 8.15. The Bertz CT molecular complexity index is 1170. The minimum atomic E-state index is 0.136. The van der Waals surface area contributed by atoms with Gasteiger partial charge in [-0.15, -0.1) is 0 Å². The highest BCUT2D eigenvalue weighted by molar-refractivity contribution is 5.39. The van der Waals surface area contributed by atoms with E-state index in [1.807, 2.05) is 48.5 Å². The summed E-state index contributed by atoms with van der Waals surface area (Å²) >= 11 is 0. The fraction of sp³-hybridized carbons (Fsp3) is 0.214. The Morgan fingerprint density at radius 3 is 2.50 bits per heavy atom. The van der Waals surface area contributed by atoms with Gasteiger partial charge in [0.25, 0.3) is 0 Å². The van der Waals surface area contributed by atoms with Crippen LogP contribution in [0, 0.1) is 0 Å². The summed E-state index contributed by atoms with van der Waals surface area (Å²) in [5.74, 6) is 2.64. The van der Waals surface area contributed by atoms with E-state index in [2.05, 4.69) is 58.1 Å². The third kappa shape index (κ3) is 4.27. The normalized spacial score (nSPS) is 16.2. The highest BCUT2D eigenvalue weighted by Crippen LogP contribution is 2.36. The van der Waals surface area contributed by atoms with Gasteiger partial charge >= 0.3 is 0 Å². The highest BCUT2D eigenvalue weighted by Gasteiger charge is 2.28. The lowest BCUT2D eigenvalue weighted by Crippen LogP contribution is -2.29. The Morgan fingerprint density at radius 2 is 1.62 bits per heavy atom. The molecule has 162 valence electrons. The van der Waals surface area contributed by atoms with Crippen LogP contribution < -0.4 is 9.47 Å². The molecule has 32 heavy (non-hydrogen) atoms. The second-order valence-electron chi connectivity index (χ2n) is 8.15. The van der Waals surface area contributed by atoms with Crippen molar-refractivity contribution in [2.45, 2.75) is 25.6 Å². The van der Waals surface area contributed by atoms with Crippen LogP contribution in [0.5, 0.6) is 17.2 Å². The molecule has 0 bridgehead atoms. The summed E-state index contributed by atoms with van der Waals surface area (Å²) < 4.78 is 14.2. The van der Waals surface area contributed by atoms with Crippen LogP contribution in [0.15, 0.2) is 97.2 Å². The van der Waals surface area contributed by atoms with Crippen LogP contribution in [0.4, 0.5) is 0 Å². The lowest BCUT2D eigenvalue weighted by molar-refractivity contribution is 0.217. The van der Waals surface area contributed by atoms with Gasteiger partial charge in [-0.1, -0.05) is 48.5 Å². The van der Waals surface area contributed by atoms with E-state index in [4.69, 9.17) is 9.47 Å². The Morgan fingerprint density at radius 1 is 0.812 bits per heavy atom. The summed E-state index contributed by atoms with van der Waals surface area (Å²) in [7, 11) is 1.74. The van der Waals surface area contributed by atoms with Gasteiger partial charge < -0.3 is 14.0 Å². The summed E-state index contributed by atoms with van der Waals surface area (Å²) in [4.78, 5) is 2.55. The van der Waals surface area contributed by atoms with Crippen LogP contribution in [0.1, 0.15) is 29.3 Å². The predicted molar refractivity (Wildman–Crippen MR) is 127 cm³/mol. The zero-order valence-electron chi connectivity index (χ0n) is 18.4. The number of para-hydroxylation sites is 2. The fourth-order valence-electron chi connectivity index (χ4n) is 4.62. The molecule has 0 amide bonds. The number of ether oxygens (including phenoxy) is 2. The van der Waals surface area contributed by atoms with Gasteiger partial charge in [0.1, 0.15) is 17.2 Å². The topological polar surface area (TPSA) is 26.6 Å². The number of nitrogens with zero attached hydrogens (tertiary/aromatic N) is 2. The molecule has 1 aliphatic heterocycles. The molecule has 0 fully saturated rings. The number of hydrogen-bond donors (Lipinski definition) is 0. The molecule has 1 atom stereocenters. The third-order valence-electron chi connectivity index (χ3n) is 6.07. The second kappa shape index (κ2) is 9.33. The molecule has 1 aliphatic rings. The summed E-state index contributed by atoms with van der Waals surface area (Å²) in [5, 5.41) is 0. The third-order valence-corrected chi connectivity index (χ3v) is 6.07. The monoisotopic (exact) mass is 424 g/mol. The van der Waals surface area contributed by atoms with E-state index < -0.39 is 0 Å². The number of aryl methyl sites for hydroxylation is 1. The van der Waals surface area contributed by atoms with Crippen molar-refractivity contribution in [3.05, 3.63) is 114 Å². The number of fused-ring (bicyclic) bond motifs is 1. The van der Waals surface area contributed by atoms with Crippen molar-refractivity contribution >= 4 is 0 Å². The van der Waals surface area contributed by atoms with Gasteiger partial charge in [0.15, 0.2) is 0 Å². The lowest BCUT2D eigenvalue weighted by atomic mass is 10.0. The first-order valence-corrected chi connectivity index (χ1v) is 11.2. The SMILES string of the molecule is COc1ccccc1CN1CCCn2cccc2C1c1cccc(Oc2ccccc2)c1. The summed E-state index contributed by atoms with van der Waals surface area (Å²) in [5.41, 5.74) is 3.75. The van der Waals surface area contributed by atoms with Gasteiger partial charge in [0.05, 0.1) is 13.2 Å². The maximum absolute atomic E-state index is 6.16. The zero-order chi connectivity index (χ0) is 21.8. The quantitative estimate of drug-likeness (QED) is 0.364. The van der Waals surface area contributed by atoms with Crippen molar-refractivity contribution in [1.29, 1.82) is 0 Å². The predicted octanol–water partition coefficient (Wildman–Crippen LogP) is 6.28. The van der Waals surface area contributed by atoms with E-state index in [9.17, 15) is 0 Å². The molecule has 0 aliphatic carbocycles. The number of aromatic nitrogens is 1. The number of hydrogen-bond acceptors (Lipinski definition) is 3. The van der Waals surface area contributed by atoms with E-state index in [0.717, 1.165) is 43.3 Å². The van der Waals surface area contributed by atoms with E-state index in [0.29, 0.717) is 0 Å². The van der Waals surface area contributed by atoms with Crippen LogP contribution in [0.2, 0.25) is 0 Å². The molecule has 3 aromatic carbocycles. The van der Waals surface area contributed by atoms with Gasteiger partial charge in [-0.05, 0) is 54.4 Å². The average molecular weight is 425 g/mol. The molecule has 5 rings (SSSR count). The van der Waals surface area contributed by atoms with Crippen LogP contribution in [0.25, 0.3) is 0 Å². The van der Waals surface area contributed by atoms with Gasteiger partial charge in [-0.3, -0.25) is 4.90 Å². The van der Waals surface area contributed by atoms with Crippen molar-refractivity contribution in [3.63, 3.8) is 0 Å². The zero-order valence-corrected chi connectivity index (χ0v) is 18.4. The molecule has 0 radical (unpaired) electrons. The smallest absolute Gasteiger partial charge is 0.127 e. The van der Waals surface area contributed by atoms with Gasteiger partial charge in [0.2, 0.25) is 0 Å². The molecule has 0 saturated heterocycles. The largest absolute Gasteiger partial charge is 0.496 e. The van der Waals surface area contributed by atoms with Crippen LogP contribution in [-0.4, -0.2) is 23.1 Å². The molecule has 1 aromatic heterocycles. The molecule has 4 aromatic rings. The number of methoxy groups -OCH3 is 1. The lowest BCUT2D eigenvalue weighted by Gasteiger charge is -2.31. The molecule has 4 heteroatoms. The average Bonchev–Trinajstić information content (AvgIpc) is 3.21. The van der Waals surface area contributed by atoms with Crippen LogP contribution in [0.3, 0.4) is 0 Å². The number of benzene rings is 3. The van der Waals surface area contributed by atoms with Crippen molar-refractivity contribution in [2.75, 3.05) is 13.7 Å². The minimum absolute atomic E-state index is 0.136. The van der Waals surface area contributed by atoms with Gasteiger partial charge in [-0.2, -0.15) is 0 Å². The first kappa shape index (κ1) is 20.4. The summed E-state index contributed by atoms with van der Waals surface area (Å²) in [6.07, 6.45) is 3.30. The van der Waals surface area contributed by atoms with Crippen molar-refractivity contribution < 1.29 is 9.47 Å². The molecule has 2 heterocycles. The van der Waals surface area contributed by atoms with Crippen molar-refractivity contribution in [2.24, 2.45) is 0 Å². The highest BCUT2D eigenvalue weighted by atomic mass is 16.5. The Hall–Kier alpha value is -3.50. The van der Waals surface area contributed by atoms with Crippen molar-refractivity contribution in [3.8, 4) is 17.2 Å². The van der Waals surface area contributed by atoms with E-state index >= 15 is 0 Å². The van der Waals surface area contributed by atoms with Crippen molar-refractivity contribution in [1.82, 2.24) is 9.47 Å². The standard InChI is InChI=1S/C28H28N2O2/c1-31-27-16-6-5-10-23(27)21-30-19-9-18-29-17-8-15-26(29)28(30)22-11-7-14-25(20-22)32-24-12-3-2-4-13-24/h2-8,10-17,20,28H,9,18-19,21H2,1H3. The van der Waals surface area contributed by atoms with Crippen LogP contribution >= 0.6 is 0 Å². The molecule has 4 nitrogen and oxygen atoms in total. The number of rotatable bonds is 6. The molecular formula is C28H28N2O2. The Labute approximate surface area is 189 Å². The van der Waals surface area contributed by atoms with Crippen LogP contribution in [-0.2, 0) is 13.1 Å². The maximum atomic E-state index is 6.16. The molecule has 0 saturated carbocycles. The summed E-state index contributed by atoms with van der Waals surface area (Å²) in [6, 6.07) is 31.3. The molecule has 0 spiro atoms. The summed E-state index contributed by atoms with van der Waals surface area (Å²) in [6.45, 7) is 2.86. The molecular weight excluding hydrogens is 396 g/mol. The fourth-order valence-corrected chi connectivity index (χ4v) is 4.62. The van der Waals surface area contributed by atoms with E-state index in [1.165, 1.54) is 16.8 Å². The Balaban J connectivity index is 1.52. The van der Waals surface area contributed by atoms with E-state index in [1.54, 1.807) is 7.11 Å². The Kier molecular flexibility index (Phi) is 5.95. The molecule has 1 unspecified atom stereocenters. The van der Waals surface area contributed by atoms with Gasteiger partial charge in [-0.25, -0.2) is 0 Å².